The molecule has 0 aliphatic carbocycles. The number of carbonyl (C=O) groups excluding carboxylic acids is 1. The van der Waals surface area contributed by atoms with Crippen LogP contribution in [-0.4, -0.2) is 43.6 Å². The molecular formula is C17H25ClO6S. The molecule has 0 amide bonds. The molecule has 25 heavy (non-hydrogen) atoms. The lowest BCUT2D eigenvalue weighted by molar-refractivity contribution is -0.127. The number of alkyl halides is 1. The van der Waals surface area contributed by atoms with Gasteiger partial charge in [-0.05, 0) is 36.0 Å². The minimum absolute atomic E-state index is 0.105. The van der Waals surface area contributed by atoms with Gasteiger partial charge in [-0.2, -0.15) is 8.42 Å². The van der Waals surface area contributed by atoms with Gasteiger partial charge in [0.05, 0.1) is 19.5 Å². The zero-order valence-electron chi connectivity index (χ0n) is 14.6. The third kappa shape index (κ3) is 8.18. The molecule has 0 aliphatic rings. The van der Waals surface area contributed by atoms with E-state index >= 15 is 0 Å². The van der Waals surface area contributed by atoms with Gasteiger partial charge < -0.3 is 14.3 Å². The molecule has 1 rings (SSSR count). The second kappa shape index (κ2) is 9.52. The van der Waals surface area contributed by atoms with Gasteiger partial charge in [-0.3, -0.25) is 4.55 Å². The Bertz CT molecular complexity index is 642. The van der Waals surface area contributed by atoms with Crippen molar-refractivity contribution in [1.29, 1.82) is 0 Å². The Kier molecular flexibility index (Phi) is 8.34. The van der Waals surface area contributed by atoms with Crippen LogP contribution in [0.1, 0.15) is 32.3 Å². The lowest BCUT2D eigenvalue weighted by Gasteiger charge is -2.32. The van der Waals surface area contributed by atoms with Crippen LogP contribution in [0.2, 0.25) is 0 Å². The maximum atomic E-state index is 11.4. The number of hydrogen-bond acceptors (Lipinski definition) is 5. The number of carbonyl (C=O) groups is 1. The number of rotatable bonds is 11. The molecule has 1 aromatic rings. The average molecular weight is 393 g/mol. The Balaban J connectivity index is 2.61. The molecule has 0 saturated carbocycles. The lowest BCUT2D eigenvalue weighted by atomic mass is 9.82. The quantitative estimate of drug-likeness (QED) is 0.353. The van der Waals surface area contributed by atoms with E-state index in [2.05, 4.69) is 0 Å². The van der Waals surface area contributed by atoms with Crippen LogP contribution >= 0.6 is 11.6 Å². The van der Waals surface area contributed by atoms with Crippen LogP contribution in [0, 0.1) is 5.41 Å². The second-order valence-electron chi connectivity index (χ2n) is 6.58. The van der Waals surface area contributed by atoms with Crippen molar-refractivity contribution in [2.24, 2.45) is 5.41 Å². The largest absolute Gasteiger partial charge is 0.497 e. The lowest BCUT2D eigenvalue weighted by Crippen LogP contribution is -2.35. The summed E-state index contributed by atoms with van der Waals surface area (Å²) in [7, 11) is -2.46. The van der Waals surface area contributed by atoms with Gasteiger partial charge in [0.1, 0.15) is 18.1 Å². The fourth-order valence-electron chi connectivity index (χ4n) is 2.42. The standard InChI is InChI=1S/C17H25ClO6S/c1-17(2,10-14(18)8-9-25(20,21)22)16(11-19)24-12-13-4-6-15(23-3)7-5-13/h4-7,11,14,16H,8-10,12H2,1-3H3,(H,20,21,22). The summed E-state index contributed by atoms with van der Waals surface area (Å²) in [6, 6.07) is 7.32. The molecule has 2 atom stereocenters. The molecule has 8 heteroatoms. The van der Waals surface area contributed by atoms with Crippen molar-refractivity contribution in [3.8, 4) is 5.75 Å². The molecule has 1 aromatic carbocycles. The normalized spacial score (nSPS) is 14.8. The number of halogens is 1. The molecule has 0 radical (unpaired) electrons. The average Bonchev–Trinajstić information content (AvgIpc) is 2.53. The van der Waals surface area contributed by atoms with Crippen molar-refractivity contribution in [1.82, 2.24) is 0 Å². The summed E-state index contributed by atoms with van der Waals surface area (Å²) in [6.07, 6.45) is 0.515. The molecule has 6 nitrogen and oxygen atoms in total. The first kappa shape index (κ1) is 21.9. The summed E-state index contributed by atoms with van der Waals surface area (Å²) in [4.78, 5) is 11.4. The predicted molar refractivity (Wildman–Crippen MR) is 96.7 cm³/mol. The summed E-state index contributed by atoms with van der Waals surface area (Å²) >= 11 is 6.16. The molecule has 0 bridgehead atoms. The fraction of sp³-hybridized carbons (Fsp3) is 0.588. The highest BCUT2D eigenvalue weighted by Crippen LogP contribution is 2.32. The van der Waals surface area contributed by atoms with Crippen molar-refractivity contribution in [3.63, 3.8) is 0 Å². The first-order valence-corrected chi connectivity index (χ1v) is 9.91. The molecule has 1 N–H and O–H groups in total. The number of benzene rings is 1. The maximum Gasteiger partial charge on any atom is 0.264 e. The highest BCUT2D eigenvalue weighted by Gasteiger charge is 2.32. The van der Waals surface area contributed by atoms with Gasteiger partial charge in [-0.1, -0.05) is 26.0 Å². The Morgan fingerprint density at radius 2 is 1.88 bits per heavy atom. The van der Waals surface area contributed by atoms with Crippen LogP contribution in [0.4, 0.5) is 0 Å². The summed E-state index contributed by atoms with van der Waals surface area (Å²) < 4.78 is 41.2. The van der Waals surface area contributed by atoms with E-state index in [4.69, 9.17) is 25.6 Å². The van der Waals surface area contributed by atoms with E-state index < -0.39 is 32.8 Å². The molecule has 0 spiro atoms. The Morgan fingerprint density at radius 1 is 1.28 bits per heavy atom. The van der Waals surface area contributed by atoms with Gasteiger partial charge in [-0.15, -0.1) is 11.6 Å². The van der Waals surface area contributed by atoms with Gasteiger partial charge >= 0.3 is 0 Å². The van der Waals surface area contributed by atoms with Crippen LogP contribution in [0.3, 0.4) is 0 Å². The van der Waals surface area contributed by atoms with Gasteiger partial charge in [-0.25, -0.2) is 0 Å². The third-order valence-corrected chi connectivity index (χ3v) is 5.04. The van der Waals surface area contributed by atoms with Gasteiger partial charge in [0, 0.05) is 5.38 Å². The summed E-state index contributed by atoms with van der Waals surface area (Å²) in [5, 5.41) is -0.496. The Labute approximate surface area is 154 Å². The predicted octanol–water partition coefficient (Wildman–Crippen LogP) is 3.08. The maximum absolute atomic E-state index is 11.4. The second-order valence-corrected chi connectivity index (χ2v) is 8.77. The smallest absolute Gasteiger partial charge is 0.264 e. The SMILES string of the molecule is COc1ccc(COC(C=O)C(C)(C)CC(Cl)CCS(=O)(=O)O)cc1. The van der Waals surface area contributed by atoms with Crippen molar-refractivity contribution < 1.29 is 27.2 Å². The van der Waals surface area contributed by atoms with Gasteiger partial charge in [0.2, 0.25) is 0 Å². The minimum atomic E-state index is -4.05. The van der Waals surface area contributed by atoms with Crippen molar-refractivity contribution in [2.45, 2.75) is 44.8 Å². The minimum Gasteiger partial charge on any atom is -0.497 e. The Hall–Kier alpha value is -1.15. The zero-order chi connectivity index (χ0) is 19.1. The van der Waals surface area contributed by atoms with Crippen molar-refractivity contribution >= 4 is 28.0 Å². The summed E-state index contributed by atoms with van der Waals surface area (Å²) in [6.45, 7) is 3.93. The van der Waals surface area contributed by atoms with Gasteiger partial charge in [0.15, 0.2) is 0 Å². The van der Waals surface area contributed by atoms with E-state index in [1.165, 1.54) is 0 Å². The molecule has 0 aliphatic heterocycles. The van der Waals surface area contributed by atoms with E-state index in [1.54, 1.807) is 7.11 Å². The fourth-order valence-corrected chi connectivity index (χ4v) is 3.64. The molecule has 0 heterocycles. The highest BCUT2D eigenvalue weighted by atomic mass is 35.5. The van der Waals surface area contributed by atoms with Crippen LogP contribution < -0.4 is 4.74 Å². The first-order chi connectivity index (χ1) is 11.6. The van der Waals surface area contributed by atoms with Crippen LogP contribution in [-0.2, 0) is 26.3 Å². The topological polar surface area (TPSA) is 89.9 Å². The van der Waals surface area contributed by atoms with E-state index in [0.29, 0.717) is 6.42 Å². The zero-order valence-corrected chi connectivity index (χ0v) is 16.2. The molecule has 0 aromatic heterocycles. The van der Waals surface area contributed by atoms with Crippen LogP contribution in [0.25, 0.3) is 0 Å². The molecule has 0 saturated heterocycles. The van der Waals surface area contributed by atoms with Gasteiger partial charge in [0.25, 0.3) is 10.1 Å². The van der Waals surface area contributed by atoms with E-state index in [0.717, 1.165) is 17.6 Å². The molecule has 142 valence electrons. The number of aldehydes is 1. The Morgan fingerprint density at radius 3 is 2.36 bits per heavy atom. The highest BCUT2D eigenvalue weighted by molar-refractivity contribution is 7.85. The molecule has 0 fully saturated rings. The summed E-state index contributed by atoms with van der Waals surface area (Å²) in [5.41, 5.74) is 0.317. The van der Waals surface area contributed by atoms with E-state index in [1.807, 2.05) is 38.1 Å². The number of methoxy groups -OCH3 is 1. The van der Waals surface area contributed by atoms with E-state index in [-0.39, 0.29) is 13.0 Å². The van der Waals surface area contributed by atoms with Crippen molar-refractivity contribution in [3.05, 3.63) is 29.8 Å². The van der Waals surface area contributed by atoms with E-state index in [9.17, 15) is 13.2 Å². The summed E-state index contributed by atoms with van der Waals surface area (Å²) in [5.74, 6) is 0.329. The monoisotopic (exact) mass is 392 g/mol. The number of hydrogen-bond donors (Lipinski definition) is 1. The van der Waals surface area contributed by atoms with Crippen molar-refractivity contribution in [2.75, 3.05) is 12.9 Å². The first-order valence-electron chi connectivity index (χ1n) is 7.86. The molecular weight excluding hydrogens is 368 g/mol. The molecule has 2 unspecified atom stereocenters. The third-order valence-electron chi connectivity index (χ3n) is 3.92. The number of ether oxygens (including phenoxy) is 2. The van der Waals surface area contributed by atoms with Crippen LogP contribution in [0.5, 0.6) is 5.75 Å². The van der Waals surface area contributed by atoms with Crippen LogP contribution in [0.15, 0.2) is 24.3 Å².